The van der Waals surface area contributed by atoms with Crippen LogP contribution in [-0.4, -0.2) is 16.2 Å². The van der Waals surface area contributed by atoms with Crippen molar-refractivity contribution in [3.63, 3.8) is 0 Å². The Balaban J connectivity index is 2.44. The number of nitrogens with zero attached hydrogens (tertiary/aromatic N) is 2. The van der Waals surface area contributed by atoms with Crippen molar-refractivity contribution < 1.29 is 4.74 Å². The molecule has 2 N–H and O–H groups in total. The van der Waals surface area contributed by atoms with Crippen molar-refractivity contribution in [2.45, 2.75) is 20.3 Å². The standard InChI is InChI=1S/C13H17N3O/c1-3-13-15-5-6-16(13)11-7-10(14)8-12(9-11)17-4-2/h5-9H,3-4,14H2,1-2H3. The first-order chi connectivity index (χ1) is 8.24. The van der Waals surface area contributed by atoms with Gasteiger partial charge in [0, 0.05) is 36.6 Å². The van der Waals surface area contributed by atoms with Crippen molar-refractivity contribution in [3.05, 3.63) is 36.4 Å². The Hall–Kier alpha value is -1.97. The number of anilines is 1. The molecule has 0 amide bonds. The molecule has 0 atom stereocenters. The van der Waals surface area contributed by atoms with E-state index in [1.165, 1.54) is 0 Å². The Morgan fingerprint density at radius 1 is 1.29 bits per heavy atom. The Morgan fingerprint density at radius 3 is 2.82 bits per heavy atom. The number of hydrogen-bond acceptors (Lipinski definition) is 3. The highest BCUT2D eigenvalue weighted by Crippen LogP contribution is 2.22. The highest BCUT2D eigenvalue weighted by molar-refractivity contribution is 5.54. The van der Waals surface area contributed by atoms with E-state index in [1.54, 1.807) is 6.20 Å². The fourth-order valence-corrected chi connectivity index (χ4v) is 1.83. The second-order valence-corrected chi connectivity index (χ2v) is 3.76. The molecule has 0 unspecified atom stereocenters. The van der Waals surface area contributed by atoms with E-state index in [-0.39, 0.29) is 0 Å². The van der Waals surface area contributed by atoms with Crippen LogP contribution in [0.3, 0.4) is 0 Å². The highest BCUT2D eigenvalue weighted by atomic mass is 16.5. The molecule has 0 aliphatic carbocycles. The molecule has 4 heteroatoms. The Bertz CT molecular complexity index is 505. The van der Waals surface area contributed by atoms with Crippen LogP contribution in [0.1, 0.15) is 19.7 Å². The van der Waals surface area contributed by atoms with E-state index in [2.05, 4.69) is 11.9 Å². The van der Waals surface area contributed by atoms with Gasteiger partial charge < -0.3 is 15.0 Å². The van der Waals surface area contributed by atoms with Crippen molar-refractivity contribution >= 4 is 5.69 Å². The summed E-state index contributed by atoms with van der Waals surface area (Å²) in [5, 5.41) is 0. The summed E-state index contributed by atoms with van der Waals surface area (Å²) in [6.07, 6.45) is 4.61. The molecule has 0 saturated carbocycles. The quantitative estimate of drug-likeness (QED) is 0.822. The van der Waals surface area contributed by atoms with Gasteiger partial charge in [-0.1, -0.05) is 6.92 Å². The Kier molecular flexibility index (Phi) is 3.32. The van der Waals surface area contributed by atoms with E-state index < -0.39 is 0 Å². The number of rotatable bonds is 4. The van der Waals surface area contributed by atoms with Crippen molar-refractivity contribution in [3.8, 4) is 11.4 Å². The van der Waals surface area contributed by atoms with Crippen molar-refractivity contribution in [1.82, 2.24) is 9.55 Å². The number of nitrogens with two attached hydrogens (primary N) is 1. The van der Waals surface area contributed by atoms with Crippen LogP contribution in [0.5, 0.6) is 5.75 Å². The summed E-state index contributed by atoms with van der Waals surface area (Å²) in [5.74, 6) is 1.80. The van der Waals surface area contributed by atoms with Crippen LogP contribution < -0.4 is 10.5 Å². The monoisotopic (exact) mass is 231 g/mol. The third-order valence-corrected chi connectivity index (χ3v) is 2.54. The number of aromatic nitrogens is 2. The van der Waals surface area contributed by atoms with E-state index in [0.717, 1.165) is 23.7 Å². The van der Waals surface area contributed by atoms with E-state index in [1.807, 2.05) is 35.9 Å². The van der Waals surface area contributed by atoms with Crippen molar-refractivity contribution in [2.24, 2.45) is 0 Å². The van der Waals surface area contributed by atoms with Gasteiger partial charge in [-0.3, -0.25) is 0 Å². The number of ether oxygens (including phenoxy) is 1. The minimum atomic E-state index is 0.632. The predicted octanol–water partition coefficient (Wildman–Crippen LogP) is 2.42. The van der Waals surface area contributed by atoms with Gasteiger partial charge in [0.05, 0.1) is 12.3 Å². The molecule has 0 spiro atoms. The van der Waals surface area contributed by atoms with Crippen molar-refractivity contribution in [1.29, 1.82) is 0 Å². The van der Waals surface area contributed by atoms with Gasteiger partial charge in [0.2, 0.25) is 0 Å². The summed E-state index contributed by atoms with van der Waals surface area (Å²) in [6.45, 7) is 4.67. The average molecular weight is 231 g/mol. The lowest BCUT2D eigenvalue weighted by Crippen LogP contribution is -2.01. The van der Waals surface area contributed by atoms with E-state index >= 15 is 0 Å². The van der Waals surface area contributed by atoms with Gasteiger partial charge in [0.15, 0.2) is 0 Å². The maximum Gasteiger partial charge on any atom is 0.123 e. The molecule has 4 nitrogen and oxygen atoms in total. The van der Waals surface area contributed by atoms with E-state index in [9.17, 15) is 0 Å². The van der Waals surface area contributed by atoms with Gasteiger partial charge in [0.25, 0.3) is 0 Å². The molecule has 17 heavy (non-hydrogen) atoms. The molecule has 2 aromatic rings. The van der Waals surface area contributed by atoms with Crippen LogP contribution in [0.4, 0.5) is 5.69 Å². The lowest BCUT2D eigenvalue weighted by molar-refractivity contribution is 0.340. The zero-order chi connectivity index (χ0) is 12.3. The van der Waals surface area contributed by atoms with Gasteiger partial charge in [-0.05, 0) is 13.0 Å². The molecule has 0 saturated heterocycles. The Labute approximate surface area is 101 Å². The van der Waals surface area contributed by atoms with Crippen LogP contribution in [-0.2, 0) is 6.42 Å². The molecule has 0 aliphatic heterocycles. The number of aryl methyl sites for hydroxylation is 1. The van der Waals surface area contributed by atoms with Crippen LogP contribution >= 0.6 is 0 Å². The van der Waals surface area contributed by atoms with Gasteiger partial charge in [-0.25, -0.2) is 4.98 Å². The third-order valence-electron chi connectivity index (χ3n) is 2.54. The molecule has 0 radical (unpaired) electrons. The SMILES string of the molecule is CCOc1cc(N)cc(-n2ccnc2CC)c1. The average Bonchev–Trinajstić information content (AvgIpc) is 2.76. The number of nitrogen functional groups attached to an aromatic ring is 1. The molecule has 1 aromatic heterocycles. The molecule has 0 aliphatic rings. The molecule has 2 rings (SSSR count). The molecule has 90 valence electrons. The second-order valence-electron chi connectivity index (χ2n) is 3.76. The summed E-state index contributed by atoms with van der Waals surface area (Å²) in [4.78, 5) is 4.30. The topological polar surface area (TPSA) is 53.1 Å². The second kappa shape index (κ2) is 4.91. The Morgan fingerprint density at radius 2 is 2.12 bits per heavy atom. The first-order valence-electron chi connectivity index (χ1n) is 5.80. The summed E-state index contributed by atoms with van der Waals surface area (Å²) in [7, 11) is 0. The fourth-order valence-electron chi connectivity index (χ4n) is 1.83. The smallest absolute Gasteiger partial charge is 0.123 e. The zero-order valence-corrected chi connectivity index (χ0v) is 10.2. The zero-order valence-electron chi connectivity index (χ0n) is 10.2. The minimum absolute atomic E-state index is 0.632. The largest absolute Gasteiger partial charge is 0.494 e. The van der Waals surface area contributed by atoms with Gasteiger partial charge in [-0.2, -0.15) is 0 Å². The molecule has 1 aromatic carbocycles. The summed E-state index contributed by atoms with van der Waals surface area (Å²) in [5.41, 5.74) is 7.56. The predicted molar refractivity (Wildman–Crippen MR) is 68.5 cm³/mol. The van der Waals surface area contributed by atoms with Gasteiger partial charge >= 0.3 is 0 Å². The molecule has 0 fully saturated rings. The maximum atomic E-state index is 5.87. The summed E-state index contributed by atoms with van der Waals surface area (Å²) in [6, 6.07) is 5.72. The van der Waals surface area contributed by atoms with E-state index in [0.29, 0.717) is 12.3 Å². The maximum absolute atomic E-state index is 5.87. The number of benzene rings is 1. The molecular weight excluding hydrogens is 214 g/mol. The first kappa shape index (κ1) is 11.5. The van der Waals surface area contributed by atoms with Gasteiger partial charge in [-0.15, -0.1) is 0 Å². The fraction of sp³-hybridized carbons (Fsp3) is 0.308. The van der Waals surface area contributed by atoms with Crippen LogP contribution in [0.15, 0.2) is 30.6 Å². The van der Waals surface area contributed by atoms with Crippen LogP contribution in [0.2, 0.25) is 0 Å². The van der Waals surface area contributed by atoms with E-state index in [4.69, 9.17) is 10.5 Å². The number of imidazole rings is 1. The lowest BCUT2D eigenvalue weighted by Gasteiger charge is -2.10. The highest BCUT2D eigenvalue weighted by Gasteiger charge is 2.05. The lowest BCUT2D eigenvalue weighted by atomic mass is 10.2. The van der Waals surface area contributed by atoms with Crippen LogP contribution in [0, 0.1) is 0 Å². The normalized spacial score (nSPS) is 10.5. The third kappa shape index (κ3) is 2.41. The van der Waals surface area contributed by atoms with Crippen LogP contribution in [0.25, 0.3) is 5.69 Å². The minimum Gasteiger partial charge on any atom is -0.494 e. The first-order valence-corrected chi connectivity index (χ1v) is 5.80. The molecule has 1 heterocycles. The molecular formula is C13H17N3O. The van der Waals surface area contributed by atoms with Crippen molar-refractivity contribution in [2.75, 3.05) is 12.3 Å². The van der Waals surface area contributed by atoms with Gasteiger partial charge in [0.1, 0.15) is 11.6 Å². The summed E-state index contributed by atoms with van der Waals surface area (Å²) >= 11 is 0. The molecule has 0 bridgehead atoms. The summed E-state index contributed by atoms with van der Waals surface area (Å²) < 4.78 is 7.51. The number of hydrogen-bond donors (Lipinski definition) is 1.